The van der Waals surface area contributed by atoms with Gasteiger partial charge in [-0.1, -0.05) is 68.4 Å². The third kappa shape index (κ3) is 10.5. The van der Waals surface area contributed by atoms with E-state index in [4.69, 9.17) is 28.9 Å². The number of carbonyl (C=O) groups excluding carboxylic acids is 3. The van der Waals surface area contributed by atoms with E-state index in [0.717, 1.165) is 103 Å². The van der Waals surface area contributed by atoms with E-state index in [1.54, 1.807) is 34.6 Å². The molecule has 7 aromatic rings. The van der Waals surface area contributed by atoms with Crippen molar-refractivity contribution < 1.29 is 43.0 Å². The summed E-state index contributed by atoms with van der Waals surface area (Å²) in [4.78, 5) is 72.0. The van der Waals surface area contributed by atoms with Gasteiger partial charge in [0.1, 0.15) is 48.0 Å². The fourth-order valence-corrected chi connectivity index (χ4v) is 16.2. The molecule has 14 rings (SSSR count). The number of nitrogens with one attached hydrogen (secondary N) is 2. The van der Waals surface area contributed by atoms with Crippen LogP contribution in [0.2, 0.25) is 0 Å². The van der Waals surface area contributed by atoms with E-state index in [1.165, 1.54) is 4.90 Å². The minimum atomic E-state index is -0.851. The third-order valence-corrected chi connectivity index (χ3v) is 20.8. The summed E-state index contributed by atoms with van der Waals surface area (Å²) in [6, 6.07) is 18.5. The maximum absolute atomic E-state index is 17.4. The Kier molecular flexibility index (Phi) is 14.8. The van der Waals surface area contributed by atoms with Crippen LogP contribution in [0, 0.1) is 24.1 Å². The van der Waals surface area contributed by atoms with Gasteiger partial charge in [0.25, 0.3) is 0 Å². The molecule has 7 saturated heterocycles. The van der Waals surface area contributed by atoms with Crippen molar-refractivity contribution in [2.75, 3.05) is 75.4 Å². The summed E-state index contributed by atoms with van der Waals surface area (Å²) >= 11 is 1.58. The number of pyridine rings is 1. The number of amides is 3. The summed E-state index contributed by atoms with van der Waals surface area (Å²) < 4.78 is 36.0. The predicted molar refractivity (Wildman–Crippen MR) is 327 cm³/mol. The number of β-amino-alcohol motifs (C(OH)–C–C–N with tert-alkyl or cyclic N) is 1. The molecule has 8 atom stereocenters. The second kappa shape index (κ2) is 22.6. The fourth-order valence-electron chi connectivity index (χ4n) is 15.4. The van der Waals surface area contributed by atoms with Gasteiger partial charge < -0.3 is 54.4 Å². The summed E-state index contributed by atoms with van der Waals surface area (Å²) in [5.41, 5.74) is 6.10. The molecule has 0 radical (unpaired) electrons. The zero-order valence-corrected chi connectivity index (χ0v) is 50.7. The van der Waals surface area contributed by atoms with E-state index in [1.807, 2.05) is 81.7 Å². The molecule has 2 unspecified atom stereocenters. The summed E-state index contributed by atoms with van der Waals surface area (Å²) in [5.74, 6) is -0.506. The molecule has 22 heteroatoms. The Morgan fingerprint density at radius 3 is 2.49 bits per heavy atom. The number of fused-ring (bicyclic) bond motifs is 5. The maximum Gasteiger partial charge on any atom is 0.409 e. The van der Waals surface area contributed by atoms with Crippen LogP contribution < -0.4 is 25.2 Å². The van der Waals surface area contributed by atoms with Crippen molar-refractivity contribution in [3.63, 3.8) is 0 Å². The number of hydrogen-bond donors (Lipinski definition) is 4. The second-order valence-corrected chi connectivity index (χ2v) is 26.9. The Morgan fingerprint density at radius 2 is 1.75 bits per heavy atom. The number of aliphatic hydroxyl groups is 1. The maximum atomic E-state index is 17.4. The van der Waals surface area contributed by atoms with Crippen molar-refractivity contribution in [2.45, 2.75) is 134 Å². The van der Waals surface area contributed by atoms with Gasteiger partial charge in [-0.15, -0.1) is 11.3 Å². The zero-order valence-electron chi connectivity index (χ0n) is 49.9. The highest BCUT2D eigenvalue weighted by atomic mass is 32.1. The van der Waals surface area contributed by atoms with Gasteiger partial charge in [0.15, 0.2) is 17.4 Å². The second-order valence-electron chi connectivity index (χ2n) is 26.0. The Morgan fingerprint density at radius 1 is 0.954 bits per heavy atom. The number of anilines is 2. The lowest BCUT2D eigenvalue weighted by atomic mass is 9.73. The van der Waals surface area contributed by atoms with Crippen molar-refractivity contribution in [2.24, 2.45) is 11.3 Å². The van der Waals surface area contributed by atoms with Crippen LogP contribution >= 0.6 is 11.3 Å². The number of benzene rings is 3. The number of aliphatic hydroxyl groups excluding tert-OH is 1. The summed E-state index contributed by atoms with van der Waals surface area (Å²) in [5, 5.41) is 35.0. The number of likely N-dealkylation sites (tertiary alicyclic amines) is 2. The summed E-state index contributed by atoms with van der Waals surface area (Å²) in [6.45, 7) is 15.1. The van der Waals surface area contributed by atoms with Gasteiger partial charge in [-0.05, 0) is 111 Å². The van der Waals surface area contributed by atoms with Crippen LogP contribution in [0.1, 0.15) is 107 Å². The van der Waals surface area contributed by atoms with Gasteiger partial charge in [-0.25, -0.2) is 14.2 Å². The first kappa shape index (κ1) is 57.2. The first-order valence-corrected chi connectivity index (χ1v) is 31.9. The standard InChI is InChI=1S/C65H75FN12O8S/c1-6-39-9-7-10-42-21-46(79)22-48(54(39)42)56-55(66)57-49(25-67-56)59(74-26-43-15-16-44(27-74)70-43)72-62(71-57)85-34-65-18-8-20-78(65)45(17-19-65)29-84-63(83)76-32-64(33-76)30-75(31-64)52-24-51(86-73-52)53(36(2)3)61(82)77-28-47(80)23-50(77)60(81)69-37(4)40-11-13-41(14-12-40)58-38(5)68-35-87-58/h7,9-14,21-22,24-25,35-37,43-45,47,50,53,70,79-80H,6,8,15-20,23,26-34H2,1-5H3,(H,69,81)/t37-,43?,44?,45-,47+,50-,53+,65+/m0/s1. The Hall–Kier alpha value is -7.53. The number of rotatable bonds is 16. The average Bonchev–Trinajstić information content (AvgIpc) is 1.12. The van der Waals surface area contributed by atoms with Crippen LogP contribution in [-0.2, 0) is 20.7 Å². The number of carbonyl (C=O) groups is 3. The number of hydrogen-bond acceptors (Lipinski definition) is 18. The average molecular weight is 1200 g/mol. The molecule has 3 aromatic carbocycles. The minimum Gasteiger partial charge on any atom is -0.508 e. The third-order valence-electron chi connectivity index (χ3n) is 19.8. The first-order valence-electron chi connectivity index (χ1n) is 31.0. The van der Waals surface area contributed by atoms with E-state index in [9.17, 15) is 24.6 Å². The Labute approximate surface area is 508 Å². The quantitative estimate of drug-likeness (QED) is 0.0711. The molecule has 4 aromatic heterocycles. The Balaban J connectivity index is 0.590. The largest absolute Gasteiger partial charge is 0.508 e. The number of ether oxygens (including phenoxy) is 2. The van der Waals surface area contributed by atoms with Gasteiger partial charge in [0.2, 0.25) is 11.8 Å². The van der Waals surface area contributed by atoms with Gasteiger partial charge in [-0.3, -0.25) is 19.5 Å². The molecule has 7 fully saturated rings. The monoisotopic (exact) mass is 1200 g/mol. The molecular weight excluding hydrogens is 1130 g/mol. The lowest BCUT2D eigenvalue weighted by molar-refractivity contribution is -0.141. The number of aromatic hydroxyl groups is 1. The van der Waals surface area contributed by atoms with E-state index < -0.39 is 23.9 Å². The molecule has 4 N–H and O–H groups in total. The van der Waals surface area contributed by atoms with Crippen LogP contribution in [0.25, 0.3) is 43.4 Å². The lowest BCUT2D eigenvalue weighted by Crippen LogP contribution is -2.73. The van der Waals surface area contributed by atoms with Gasteiger partial charge in [-0.2, -0.15) is 9.97 Å². The molecule has 20 nitrogen and oxygen atoms in total. The van der Waals surface area contributed by atoms with Crippen molar-refractivity contribution in [1.29, 1.82) is 0 Å². The zero-order chi connectivity index (χ0) is 60.0. The van der Waals surface area contributed by atoms with Crippen LogP contribution in [-0.4, -0.2) is 169 Å². The van der Waals surface area contributed by atoms with E-state index in [2.05, 4.69) is 42.4 Å². The molecular formula is C65H75FN12O8S. The van der Waals surface area contributed by atoms with E-state index in [0.29, 0.717) is 73.2 Å². The van der Waals surface area contributed by atoms with Crippen LogP contribution in [0.4, 0.5) is 20.8 Å². The van der Waals surface area contributed by atoms with Crippen molar-refractivity contribution >= 4 is 62.6 Å². The van der Waals surface area contributed by atoms with E-state index >= 15 is 4.39 Å². The molecule has 1 spiro atoms. The number of aryl methyl sites for hydroxylation is 2. The highest BCUT2D eigenvalue weighted by Gasteiger charge is 2.56. The van der Waals surface area contributed by atoms with Crippen molar-refractivity contribution in [3.8, 4) is 33.5 Å². The van der Waals surface area contributed by atoms with Crippen molar-refractivity contribution in [1.82, 2.24) is 50.4 Å². The van der Waals surface area contributed by atoms with Crippen LogP contribution in [0.15, 0.2) is 76.9 Å². The molecule has 7 aliphatic rings. The molecule has 11 heterocycles. The smallest absolute Gasteiger partial charge is 0.409 e. The number of phenolic OH excluding ortho intramolecular Hbond substituents is 1. The van der Waals surface area contributed by atoms with Crippen LogP contribution in [0.5, 0.6) is 11.8 Å². The molecule has 0 saturated carbocycles. The molecule has 7 aliphatic heterocycles. The first-order chi connectivity index (χ1) is 42.0. The Bertz CT molecular complexity index is 3780. The molecule has 3 amide bonds. The number of thiazole rings is 1. The molecule has 87 heavy (non-hydrogen) atoms. The highest BCUT2D eigenvalue weighted by Crippen LogP contribution is 2.46. The normalized spacial score (nSPS) is 24.7. The molecule has 0 aliphatic carbocycles. The summed E-state index contributed by atoms with van der Waals surface area (Å²) in [6.07, 6.45) is 6.98. The number of halogens is 1. The SMILES string of the molecule is CCc1cccc2cc(O)cc(-c3ncc4c(N5CC6CCC(C5)N6)nc(OC[C@]56CCCN5[C@H](COC(=O)N5CC7(C5)CN(c5cc([C@H](C(=O)N8C[C@H](O)C[C@H]8C(=O)N[C@@H](C)c8ccc(-c9scnc9C)cc8)C(C)C)on5)C7)CC6)nc4c3F)c12. The number of nitrogens with zero attached hydrogens (tertiary/aromatic N) is 10. The van der Waals surface area contributed by atoms with Gasteiger partial charge in [0.05, 0.1) is 39.2 Å². The lowest BCUT2D eigenvalue weighted by Gasteiger charge is -2.59. The number of phenols is 1. The van der Waals surface area contributed by atoms with Gasteiger partial charge >= 0.3 is 12.1 Å². The summed E-state index contributed by atoms with van der Waals surface area (Å²) in [7, 11) is 0. The van der Waals surface area contributed by atoms with Crippen molar-refractivity contribution in [3.05, 3.63) is 101 Å². The molecule has 2 bridgehead atoms. The fraction of sp³-hybridized carbons (Fsp3) is 0.508. The topological polar surface area (TPSA) is 228 Å². The van der Waals surface area contributed by atoms with Crippen LogP contribution in [0.3, 0.4) is 0 Å². The van der Waals surface area contributed by atoms with Gasteiger partial charge in [0, 0.05) is 93.6 Å². The van der Waals surface area contributed by atoms with E-state index in [-0.39, 0.29) is 89.4 Å². The number of aromatic nitrogens is 5. The number of piperazine rings is 1. The molecule has 456 valence electrons. The minimum absolute atomic E-state index is 0.00809. The highest BCUT2D eigenvalue weighted by molar-refractivity contribution is 7.13. The predicted octanol–water partition coefficient (Wildman–Crippen LogP) is 8.53.